The van der Waals surface area contributed by atoms with E-state index in [0.717, 1.165) is 33.0 Å². The van der Waals surface area contributed by atoms with Crippen molar-refractivity contribution in [3.05, 3.63) is 78.2 Å². The second-order valence-corrected chi connectivity index (χ2v) is 22.2. The zero-order valence-corrected chi connectivity index (χ0v) is 28.3. The minimum absolute atomic E-state index is 0. The topological polar surface area (TPSA) is 76.2 Å². The SMILES string of the molecule is CC(=O)/C=C(/C)O.CC(C)(C)c1cc(-c2nccc3c2oc2n[c]([Ge]([CH3])([CH3])[CH3])ccc23)[c-]c2ccccc12.[Ir]. The van der Waals surface area contributed by atoms with Crippen LogP contribution in [0.1, 0.15) is 40.2 Å². The fourth-order valence-electron chi connectivity index (χ4n) is 4.47. The molecule has 0 atom stereocenters. The molecule has 0 amide bonds. The van der Waals surface area contributed by atoms with Gasteiger partial charge in [-0.1, -0.05) is 0 Å². The number of carbonyl (C=O) groups excluding carboxylic acids is 1. The van der Waals surface area contributed by atoms with Crippen molar-refractivity contribution in [2.45, 2.75) is 57.3 Å². The number of furan rings is 1. The van der Waals surface area contributed by atoms with E-state index in [9.17, 15) is 4.79 Å². The van der Waals surface area contributed by atoms with E-state index in [2.05, 4.69) is 86.6 Å². The Morgan fingerprint density at radius 3 is 2.28 bits per heavy atom. The van der Waals surface area contributed by atoms with Crippen LogP contribution in [0.4, 0.5) is 0 Å². The summed E-state index contributed by atoms with van der Waals surface area (Å²) >= 11 is -2.05. The summed E-state index contributed by atoms with van der Waals surface area (Å²) in [5.41, 5.74) is 4.57. The molecule has 0 bridgehead atoms. The maximum absolute atomic E-state index is 10.0. The van der Waals surface area contributed by atoms with E-state index in [1.54, 1.807) is 0 Å². The van der Waals surface area contributed by atoms with E-state index in [1.165, 1.54) is 35.4 Å². The number of aliphatic hydroxyl groups excluding tert-OH is 1. The molecule has 3 heterocycles. The van der Waals surface area contributed by atoms with Crippen LogP contribution in [0.3, 0.4) is 0 Å². The van der Waals surface area contributed by atoms with Gasteiger partial charge < -0.3 is 5.11 Å². The molecule has 1 N–H and O–H groups in total. The molecule has 5 nitrogen and oxygen atoms in total. The van der Waals surface area contributed by atoms with Gasteiger partial charge in [-0.3, -0.25) is 4.79 Å². The summed E-state index contributed by atoms with van der Waals surface area (Å²) < 4.78 is 7.55. The number of carbonyl (C=O) groups is 1. The fourth-order valence-corrected chi connectivity index (χ4v) is 6.61. The van der Waals surface area contributed by atoms with Gasteiger partial charge in [-0.15, -0.1) is 0 Å². The Bertz CT molecular complexity index is 1690. The summed E-state index contributed by atoms with van der Waals surface area (Å²) in [5, 5.41) is 12.8. The first-order valence-electron chi connectivity index (χ1n) is 12.8. The molecule has 0 aliphatic rings. The van der Waals surface area contributed by atoms with Crippen molar-refractivity contribution >= 4 is 56.4 Å². The number of benzene rings is 2. The molecule has 7 heteroatoms. The third kappa shape index (κ3) is 6.86. The fraction of sp³-hybridized carbons (Fsp3) is 0.281. The molecule has 0 saturated heterocycles. The Labute approximate surface area is 246 Å². The van der Waals surface area contributed by atoms with Crippen molar-refractivity contribution in [2.24, 2.45) is 0 Å². The van der Waals surface area contributed by atoms with Crippen LogP contribution in [-0.2, 0) is 30.3 Å². The van der Waals surface area contributed by atoms with Gasteiger partial charge in [0.15, 0.2) is 5.78 Å². The van der Waals surface area contributed by atoms with E-state index in [-0.39, 0.29) is 37.1 Å². The molecule has 2 aromatic carbocycles. The summed E-state index contributed by atoms with van der Waals surface area (Å²) in [6.45, 7) is 9.59. The van der Waals surface area contributed by atoms with Gasteiger partial charge in [0.25, 0.3) is 0 Å². The maximum atomic E-state index is 10.0. The Morgan fingerprint density at radius 1 is 1.00 bits per heavy atom. The molecule has 0 spiro atoms. The number of hydrogen-bond donors (Lipinski definition) is 1. The van der Waals surface area contributed by atoms with Crippen molar-refractivity contribution in [3.8, 4) is 11.3 Å². The van der Waals surface area contributed by atoms with Gasteiger partial charge in [-0.25, -0.2) is 0 Å². The van der Waals surface area contributed by atoms with Gasteiger partial charge in [0.2, 0.25) is 0 Å². The van der Waals surface area contributed by atoms with Crippen molar-refractivity contribution in [1.29, 1.82) is 0 Å². The second kappa shape index (κ2) is 11.7. The van der Waals surface area contributed by atoms with Crippen molar-refractivity contribution in [2.75, 3.05) is 0 Å². The Kier molecular flexibility index (Phi) is 9.26. The molecule has 39 heavy (non-hydrogen) atoms. The standard InChI is InChI=1S/C27H27GeN2O.C5H8O2.Ir/c1-27(2,3)22-16-18(15-17-9-7-8-10-19(17)22)24-25-20(13-14-29-24)21-11-12-23(28(4,5)6)30-26(21)31-25;1-4(6)3-5(2)7;/h7-14,16H,1-6H3;3,6H,1-2H3;/q-1;;/b;4-3-;. The van der Waals surface area contributed by atoms with Crippen LogP contribution >= 0.6 is 0 Å². The Balaban J connectivity index is 0.000000468. The average molecular weight is 760 g/mol. The number of pyridine rings is 2. The van der Waals surface area contributed by atoms with Gasteiger partial charge in [0.1, 0.15) is 0 Å². The molecule has 0 saturated carbocycles. The predicted octanol–water partition coefficient (Wildman–Crippen LogP) is 7.87. The molecule has 5 rings (SSSR count). The summed E-state index contributed by atoms with van der Waals surface area (Å²) in [5.74, 6) is 6.98. The molecule has 3 aromatic heterocycles. The molecule has 0 aliphatic heterocycles. The molecular formula is C32H35GeIrN2O3-. The molecule has 1 radical (unpaired) electrons. The van der Waals surface area contributed by atoms with Gasteiger partial charge in [0, 0.05) is 26.2 Å². The van der Waals surface area contributed by atoms with Crippen molar-refractivity contribution in [1.82, 2.24) is 9.97 Å². The molecule has 0 fully saturated rings. The predicted molar refractivity (Wildman–Crippen MR) is 160 cm³/mol. The molecule has 0 aliphatic carbocycles. The number of aliphatic hydroxyl groups is 1. The van der Waals surface area contributed by atoms with E-state index in [0.29, 0.717) is 5.71 Å². The molecule has 0 unspecified atom stereocenters. The maximum Gasteiger partial charge on any atom is 0 e. The van der Waals surface area contributed by atoms with Gasteiger partial charge in [-0.05, 0) is 13.8 Å². The van der Waals surface area contributed by atoms with Crippen LogP contribution in [0.25, 0.3) is 44.1 Å². The number of allylic oxidation sites excluding steroid dienone is 2. The Morgan fingerprint density at radius 2 is 1.69 bits per heavy atom. The first kappa shape index (κ1) is 30.7. The molecular weight excluding hydrogens is 725 g/mol. The van der Waals surface area contributed by atoms with Gasteiger partial charge in [-0.2, -0.15) is 0 Å². The number of rotatable bonds is 3. The third-order valence-electron chi connectivity index (χ3n) is 6.27. The zero-order chi connectivity index (χ0) is 27.8. The summed E-state index contributed by atoms with van der Waals surface area (Å²) in [6, 6.07) is 20.6. The Hall–Kier alpha value is -2.80. The summed E-state index contributed by atoms with van der Waals surface area (Å²) in [6.07, 6.45) is 3.03. The van der Waals surface area contributed by atoms with E-state index >= 15 is 0 Å². The second-order valence-electron chi connectivity index (χ2n) is 11.7. The van der Waals surface area contributed by atoms with Crippen LogP contribution in [0.5, 0.6) is 0 Å². The van der Waals surface area contributed by atoms with Crippen molar-refractivity contribution < 1.29 is 34.4 Å². The van der Waals surface area contributed by atoms with Crippen LogP contribution < -0.4 is 4.53 Å². The third-order valence-corrected chi connectivity index (χ3v) is 10.1. The number of fused-ring (bicyclic) bond motifs is 4. The quantitative estimate of drug-likeness (QED) is 0.0878. The normalized spacial score (nSPS) is 12.3. The monoisotopic (exact) mass is 762 g/mol. The van der Waals surface area contributed by atoms with Crippen LogP contribution in [0.2, 0.25) is 17.3 Å². The van der Waals surface area contributed by atoms with Crippen molar-refractivity contribution in [3.63, 3.8) is 0 Å². The largest absolute Gasteiger partial charge is 0 e. The van der Waals surface area contributed by atoms with Crippen LogP contribution in [-0.4, -0.2) is 34.1 Å². The number of aromatic nitrogens is 2. The summed E-state index contributed by atoms with van der Waals surface area (Å²) in [4.78, 5) is 19.7. The first-order chi connectivity index (χ1) is 17.8. The van der Waals surface area contributed by atoms with E-state index in [1.807, 2.05) is 12.3 Å². The number of hydrogen-bond acceptors (Lipinski definition) is 5. The zero-order valence-electron chi connectivity index (χ0n) is 23.8. The molecule has 5 aromatic rings. The first-order valence-corrected chi connectivity index (χ1v) is 20.1. The van der Waals surface area contributed by atoms with Crippen LogP contribution in [0, 0.1) is 6.07 Å². The smallest absolute Gasteiger partial charge is 0 e. The summed E-state index contributed by atoms with van der Waals surface area (Å²) in [7, 11) is 0. The number of nitrogens with zero attached hydrogens (tertiary/aromatic N) is 2. The van der Waals surface area contributed by atoms with Gasteiger partial charge >= 0.3 is 186 Å². The number of ketones is 1. The van der Waals surface area contributed by atoms with Gasteiger partial charge in [0.05, 0.1) is 5.76 Å². The van der Waals surface area contributed by atoms with E-state index < -0.39 is 13.3 Å². The minimum atomic E-state index is -2.05. The average Bonchev–Trinajstić information content (AvgIpc) is 3.20. The minimum Gasteiger partial charge on any atom is 0 e. The van der Waals surface area contributed by atoms with E-state index in [4.69, 9.17) is 19.5 Å². The molecule has 205 valence electrons. The van der Waals surface area contributed by atoms with Crippen LogP contribution in [0.15, 0.2) is 71.0 Å².